The van der Waals surface area contributed by atoms with Gasteiger partial charge >= 0.3 is 0 Å². The van der Waals surface area contributed by atoms with Crippen molar-refractivity contribution in [3.05, 3.63) is 29.8 Å². The number of methoxy groups -OCH3 is 1. The standard InChI is InChI=1S/C14H19NO3/c1-14(2)8-11(15-13(16)9-17-3)10-6-4-5-7-12(10)18-14/h4-7,11H,8-9H2,1-3H3,(H,15,16)/t11-/m0/s1. The normalized spacial score (nSPS) is 20.7. The Morgan fingerprint density at radius 1 is 1.50 bits per heavy atom. The molecule has 0 saturated carbocycles. The molecule has 1 N–H and O–H groups in total. The molecule has 2 rings (SSSR count). The van der Waals surface area contributed by atoms with Crippen LogP contribution in [0.5, 0.6) is 5.75 Å². The van der Waals surface area contributed by atoms with Gasteiger partial charge in [0.25, 0.3) is 0 Å². The lowest BCUT2D eigenvalue weighted by molar-refractivity contribution is -0.126. The minimum Gasteiger partial charge on any atom is -0.487 e. The molecule has 1 atom stereocenters. The Morgan fingerprint density at radius 2 is 2.22 bits per heavy atom. The van der Waals surface area contributed by atoms with E-state index in [1.807, 2.05) is 38.1 Å². The zero-order valence-electron chi connectivity index (χ0n) is 11.0. The summed E-state index contributed by atoms with van der Waals surface area (Å²) in [7, 11) is 1.52. The van der Waals surface area contributed by atoms with Crippen LogP contribution in [0.4, 0.5) is 0 Å². The molecule has 98 valence electrons. The lowest BCUT2D eigenvalue weighted by atomic mass is 9.90. The first-order valence-electron chi connectivity index (χ1n) is 6.08. The van der Waals surface area contributed by atoms with Gasteiger partial charge in [-0.25, -0.2) is 0 Å². The topological polar surface area (TPSA) is 47.6 Å². The maximum atomic E-state index is 11.7. The zero-order chi connectivity index (χ0) is 13.2. The van der Waals surface area contributed by atoms with Crippen LogP contribution in [0.3, 0.4) is 0 Å². The van der Waals surface area contributed by atoms with E-state index in [9.17, 15) is 4.79 Å². The Hall–Kier alpha value is -1.55. The highest BCUT2D eigenvalue weighted by molar-refractivity contribution is 5.77. The number of amides is 1. The zero-order valence-corrected chi connectivity index (χ0v) is 11.0. The molecule has 0 aliphatic carbocycles. The fourth-order valence-corrected chi connectivity index (χ4v) is 2.30. The van der Waals surface area contributed by atoms with Gasteiger partial charge in [-0.15, -0.1) is 0 Å². The number of nitrogens with one attached hydrogen (secondary N) is 1. The lowest BCUT2D eigenvalue weighted by Crippen LogP contribution is -2.42. The Bertz CT molecular complexity index is 442. The first-order chi connectivity index (χ1) is 8.52. The molecule has 0 bridgehead atoms. The number of benzene rings is 1. The molecule has 1 heterocycles. The Balaban J connectivity index is 2.22. The monoisotopic (exact) mass is 249 g/mol. The molecule has 1 aromatic carbocycles. The van der Waals surface area contributed by atoms with E-state index in [4.69, 9.17) is 9.47 Å². The number of para-hydroxylation sites is 1. The van der Waals surface area contributed by atoms with Gasteiger partial charge < -0.3 is 14.8 Å². The van der Waals surface area contributed by atoms with Crippen molar-refractivity contribution in [2.24, 2.45) is 0 Å². The van der Waals surface area contributed by atoms with Gasteiger partial charge in [0, 0.05) is 19.1 Å². The third-order valence-electron chi connectivity index (χ3n) is 2.99. The second-order valence-electron chi connectivity index (χ2n) is 5.16. The molecule has 1 aliphatic rings. The Morgan fingerprint density at radius 3 is 2.94 bits per heavy atom. The van der Waals surface area contributed by atoms with Crippen LogP contribution in [-0.4, -0.2) is 25.2 Å². The van der Waals surface area contributed by atoms with E-state index in [0.717, 1.165) is 17.7 Å². The highest BCUT2D eigenvalue weighted by atomic mass is 16.5. The molecule has 4 heteroatoms. The fraction of sp³-hybridized carbons (Fsp3) is 0.500. The predicted octanol–water partition coefficient (Wildman–Crippen LogP) is 2.05. The van der Waals surface area contributed by atoms with Gasteiger partial charge in [0.15, 0.2) is 0 Å². The van der Waals surface area contributed by atoms with Crippen molar-refractivity contribution < 1.29 is 14.3 Å². The molecule has 18 heavy (non-hydrogen) atoms. The average molecular weight is 249 g/mol. The van der Waals surface area contributed by atoms with Crippen molar-refractivity contribution in [3.63, 3.8) is 0 Å². The number of fused-ring (bicyclic) bond motifs is 1. The highest BCUT2D eigenvalue weighted by Crippen LogP contribution is 2.39. The maximum absolute atomic E-state index is 11.7. The Kier molecular flexibility index (Phi) is 3.57. The van der Waals surface area contributed by atoms with Gasteiger partial charge in [0.05, 0.1) is 6.04 Å². The van der Waals surface area contributed by atoms with Crippen molar-refractivity contribution in [2.75, 3.05) is 13.7 Å². The number of carbonyl (C=O) groups excluding carboxylic acids is 1. The number of hydrogen-bond acceptors (Lipinski definition) is 3. The van der Waals surface area contributed by atoms with E-state index in [1.54, 1.807) is 0 Å². The quantitative estimate of drug-likeness (QED) is 0.892. The molecule has 1 amide bonds. The van der Waals surface area contributed by atoms with Crippen molar-refractivity contribution >= 4 is 5.91 Å². The van der Waals surface area contributed by atoms with Crippen LogP contribution in [0.25, 0.3) is 0 Å². The van der Waals surface area contributed by atoms with Gasteiger partial charge in [-0.3, -0.25) is 4.79 Å². The molecule has 0 aromatic heterocycles. The second kappa shape index (κ2) is 4.98. The predicted molar refractivity (Wildman–Crippen MR) is 68.5 cm³/mol. The molecule has 4 nitrogen and oxygen atoms in total. The van der Waals surface area contributed by atoms with Crippen molar-refractivity contribution in [2.45, 2.75) is 31.9 Å². The highest BCUT2D eigenvalue weighted by Gasteiger charge is 2.34. The lowest BCUT2D eigenvalue weighted by Gasteiger charge is -2.37. The number of carbonyl (C=O) groups is 1. The largest absolute Gasteiger partial charge is 0.487 e. The smallest absolute Gasteiger partial charge is 0.246 e. The van der Waals surface area contributed by atoms with Crippen LogP contribution in [0, 0.1) is 0 Å². The summed E-state index contributed by atoms with van der Waals surface area (Å²) < 4.78 is 10.8. The van der Waals surface area contributed by atoms with Crippen LogP contribution in [-0.2, 0) is 9.53 Å². The molecule has 0 unspecified atom stereocenters. The number of ether oxygens (including phenoxy) is 2. The average Bonchev–Trinajstić information content (AvgIpc) is 2.27. The van der Waals surface area contributed by atoms with Crippen molar-refractivity contribution in [1.82, 2.24) is 5.32 Å². The van der Waals surface area contributed by atoms with E-state index in [2.05, 4.69) is 5.32 Å². The summed E-state index contributed by atoms with van der Waals surface area (Å²) in [4.78, 5) is 11.7. The third-order valence-corrected chi connectivity index (χ3v) is 2.99. The summed E-state index contributed by atoms with van der Waals surface area (Å²) in [5.41, 5.74) is 0.751. The minimum absolute atomic E-state index is 0.0207. The summed E-state index contributed by atoms with van der Waals surface area (Å²) in [6.07, 6.45) is 0.749. The van der Waals surface area contributed by atoms with Gasteiger partial charge in [0.2, 0.25) is 5.91 Å². The van der Waals surface area contributed by atoms with E-state index < -0.39 is 0 Å². The Labute approximate surface area is 107 Å². The summed E-state index contributed by atoms with van der Waals surface area (Å²) in [6.45, 7) is 4.14. The molecule has 0 saturated heterocycles. The van der Waals surface area contributed by atoms with Gasteiger partial charge in [0.1, 0.15) is 18.0 Å². The van der Waals surface area contributed by atoms with E-state index in [1.165, 1.54) is 7.11 Å². The van der Waals surface area contributed by atoms with Crippen molar-refractivity contribution in [1.29, 1.82) is 0 Å². The summed E-state index contributed by atoms with van der Waals surface area (Å²) in [6, 6.07) is 7.80. The molecule has 1 aliphatic heterocycles. The van der Waals surface area contributed by atoms with Crippen LogP contribution in [0.2, 0.25) is 0 Å². The fourth-order valence-electron chi connectivity index (χ4n) is 2.30. The minimum atomic E-state index is -0.278. The summed E-state index contributed by atoms with van der Waals surface area (Å²) >= 11 is 0. The van der Waals surface area contributed by atoms with Crippen LogP contribution >= 0.6 is 0 Å². The number of hydrogen-bond donors (Lipinski definition) is 1. The summed E-state index contributed by atoms with van der Waals surface area (Å²) in [5, 5.41) is 2.99. The first kappa shape index (κ1) is 12.9. The third kappa shape index (κ3) is 2.82. The van der Waals surface area contributed by atoms with E-state index in [-0.39, 0.29) is 24.2 Å². The van der Waals surface area contributed by atoms with Crippen LogP contribution in [0.15, 0.2) is 24.3 Å². The van der Waals surface area contributed by atoms with Gasteiger partial charge in [-0.2, -0.15) is 0 Å². The summed E-state index contributed by atoms with van der Waals surface area (Å²) in [5.74, 6) is 0.742. The molecule has 0 spiro atoms. The van der Waals surface area contributed by atoms with Crippen LogP contribution in [0.1, 0.15) is 31.9 Å². The van der Waals surface area contributed by atoms with Crippen LogP contribution < -0.4 is 10.1 Å². The molecule has 1 aromatic rings. The van der Waals surface area contributed by atoms with Crippen molar-refractivity contribution in [3.8, 4) is 5.75 Å². The van der Waals surface area contributed by atoms with E-state index >= 15 is 0 Å². The second-order valence-corrected chi connectivity index (χ2v) is 5.16. The SMILES string of the molecule is COCC(=O)N[C@H]1CC(C)(C)Oc2ccccc21. The van der Waals surface area contributed by atoms with Gasteiger partial charge in [-0.1, -0.05) is 18.2 Å². The first-order valence-corrected chi connectivity index (χ1v) is 6.08. The molecular formula is C14H19NO3. The maximum Gasteiger partial charge on any atom is 0.246 e. The number of rotatable bonds is 3. The van der Waals surface area contributed by atoms with Gasteiger partial charge in [-0.05, 0) is 19.9 Å². The molecule has 0 radical (unpaired) electrons. The molecule has 0 fully saturated rings. The van der Waals surface area contributed by atoms with E-state index in [0.29, 0.717) is 0 Å². The molecular weight excluding hydrogens is 230 g/mol.